The van der Waals surface area contributed by atoms with Crippen molar-refractivity contribution in [2.24, 2.45) is 5.92 Å². The zero-order chi connectivity index (χ0) is 34.3. The van der Waals surface area contributed by atoms with E-state index in [2.05, 4.69) is 5.32 Å². The third-order valence-corrected chi connectivity index (χ3v) is 9.66. The first kappa shape index (κ1) is 36.9. The number of hydrogen-bond acceptors (Lipinski definition) is 7. The number of nitrogens with zero attached hydrogens (tertiary/aromatic N) is 3. The van der Waals surface area contributed by atoms with Crippen LogP contribution in [0.25, 0.3) is 0 Å². The first-order valence-electron chi connectivity index (χ1n) is 14.2. The van der Waals surface area contributed by atoms with Gasteiger partial charge in [0.2, 0.25) is 11.8 Å². The summed E-state index contributed by atoms with van der Waals surface area (Å²) in [5.74, 6) is -0.995. The molecule has 248 valence electrons. The number of methoxy groups -OCH3 is 1. The molecule has 46 heavy (non-hydrogen) atoms. The maximum atomic E-state index is 14.3. The van der Waals surface area contributed by atoms with Gasteiger partial charge in [0.1, 0.15) is 18.3 Å². The van der Waals surface area contributed by atoms with Crippen LogP contribution in [0, 0.1) is 23.0 Å². The Kier molecular flexibility index (Phi) is 12.7. The zero-order valence-corrected chi connectivity index (χ0v) is 29.0. The molecule has 1 atom stereocenters. The van der Waals surface area contributed by atoms with Crippen LogP contribution >= 0.6 is 34.8 Å². The molecule has 3 rings (SSSR count). The van der Waals surface area contributed by atoms with Crippen molar-refractivity contribution >= 4 is 68.0 Å². The number of halogens is 3. The number of ether oxygens (including phenoxy) is 1. The molecule has 0 aliphatic carbocycles. The Hall–Kier alpha value is -3.58. The molecule has 0 radical (unpaired) electrons. The van der Waals surface area contributed by atoms with Crippen molar-refractivity contribution < 1.29 is 27.7 Å². The number of nitro groups is 1. The minimum Gasteiger partial charge on any atom is -0.495 e. The number of nitrogens with one attached hydrogen (secondary N) is 1. The normalized spacial score (nSPS) is 12.0. The maximum absolute atomic E-state index is 14.3. The van der Waals surface area contributed by atoms with E-state index in [1.54, 1.807) is 19.1 Å². The summed E-state index contributed by atoms with van der Waals surface area (Å²) >= 11 is 18.8. The summed E-state index contributed by atoms with van der Waals surface area (Å²) in [5.41, 5.74) is 0.209. The lowest BCUT2D eigenvalue weighted by Crippen LogP contribution is -2.52. The van der Waals surface area contributed by atoms with Gasteiger partial charge >= 0.3 is 0 Å². The van der Waals surface area contributed by atoms with Crippen LogP contribution in [0.4, 0.5) is 11.4 Å². The maximum Gasteiger partial charge on any atom is 0.273 e. The SMILES string of the molecule is CCC(C(=O)NCC(C)C)N(Cc1ccc(Cl)cc1Cl)C(=O)CN(c1cc(Cl)ccc1OC)S(=O)(=O)c1ccc(C)c([N+](=O)[O-])c1. The van der Waals surface area contributed by atoms with E-state index in [0.29, 0.717) is 17.1 Å². The van der Waals surface area contributed by atoms with Gasteiger partial charge in [0.05, 0.1) is 22.6 Å². The fraction of sp³-hybridized carbons (Fsp3) is 0.355. The monoisotopic (exact) mass is 712 g/mol. The molecule has 0 saturated carbocycles. The lowest BCUT2D eigenvalue weighted by Gasteiger charge is -2.33. The van der Waals surface area contributed by atoms with Crippen LogP contribution in [0.2, 0.25) is 15.1 Å². The van der Waals surface area contributed by atoms with Crippen molar-refractivity contribution in [1.82, 2.24) is 10.2 Å². The number of benzene rings is 3. The number of anilines is 1. The number of hydrogen-bond donors (Lipinski definition) is 1. The second kappa shape index (κ2) is 15.8. The Morgan fingerprint density at radius 1 is 1.02 bits per heavy atom. The van der Waals surface area contributed by atoms with Gasteiger partial charge in [0, 0.05) is 39.8 Å². The van der Waals surface area contributed by atoms with Crippen molar-refractivity contribution in [2.45, 2.75) is 51.6 Å². The molecule has 1 N–H and O–H groups in total. The van der Waals surface area contributed by atoms with Crippen LogP contribution in [0.15, 0.2) is 59.5 Å². The van der Waals surface area contributed by atoms with Crippen molar-refractivity contribution in [2.75, 3.05) is 24.5 Å². The van der Waals surface area contributed by atoms with Crippen LogP contribution in [-0.2, 0) is 26.2 Å². The van der Waals surface area contributed by atoms with E-state index in [1.165, 1.54) is 55.3 Å². The molecule has 15 heteroatoms. The molecule has 0 spiro atoms. The number of carbonyl (C=O) groups excluding carboxylic acids is 2. The molecule has 3 aromatic carbocycles. The van der Waals surface area contributed by atoms with Gasteiger partial charge in [-0.3, -0.25) is 24.0 Å². The summed E-state index contributed by atoms with van der Waals surface area (Å²) in [6.07, 6.45) is 0.193. The van der Waals surface area contributed by atoms with Crippen molar-refractivity contribution in [1.29, 1.82) is 0 Å². The zero-order valence-electron chi connectivity index (χ0n) is 25.9. The molecule has 11 nitrogen and oxygen atoms in total. The fourth-order valence-corrected chi connectivity index (χ4v) is 6.69. The quantitative estimate of drug-likeness (QED) is 0.146. The number of carbonyl (C=O) groups is 2. The molecule has 0 heterocycles. The fourth-order valence-electron chi connectivity index (χ4n) is 4.62. The number of rotatable bonds is 14. The number of amides is 2. The van der Waals surface area contributed by atoms with Crippen LogP contribution in [0.5, 0.6) is 5.75 Å². The van der Waals surface area contributed by atoms with E-state index >= 15 is 0 Å². The summed E-state index contributed by atoms with van der Waals surface area (Å²) in [7, 11) is -3.35. The van der Waals surface area contributed by atoms with E-state index in [9.17, 15) is 28.1 Å². The molecule has 2 amide bonds. The highest BCUT2D eigenvalue weighted by atomic mass is 35.5. The summed E-state index contributed by atoms with van der Waals surface area (Å²) in [6, 6.07) is 11.4. The molecule has 0 aromatic heterocycles. The molecular formula is C31H35Cl3N4O7S. The number of nitro benzene ring substituents is 1. The first-order valence-corrected chi connectivity index (χ1v) is 16.8. The second-order valence-electron chi connectivity index (χ2n) is 10.9. The predicted octanol–water partition coefficient (Wildman–Crippen LogP) is 6.65. The van der Waals surface area contributed by atoms with Gasteiger partial charge < -0.3 is 15.0 Å². The summed E-state index contributed by atoms with van der Waals surface area (Å²) < 4.78 is 34.7. The summed E-state index contributed by atoms with van der Waals surface area (Å²) in [6.45, 7) is 6.43. The van der Waals surface area contributed by atoms with E-state index in [0.717, 1.165) is 10.4 Å². The molecule has 3 aromatic rings. The highest BCUT2D eigenvalue weighted by Crippen LogP contribution is 2.36. The van der Waals surface area contributed by atoms with Crippen LogP contribution in [-0.4, -0.2) is 56.3 Å². The molecule has 0 fully saturated rings. The van der Waals surface area contributed by atoms with E-state index in [1.807, 2.05) is 13.8 Å². The number of aryl methyl sites for hydroxylation is 1. The lowest BCUT2D eigenvalue weighted by molar-refractivity contribution is -0.385. The highest BCUT2D eigenvalue weighted by Gasteiger charge is 2.36. The molecule has 0 aliphatic rings. The average Bonchev–Trinajstić information content (AvgIpc) is 2.99. The molecule has 0 aliphatic heterocycles. The molecule has 0 bridgehead atoms. The van der Waals surface area contributed by atoms with Crippen LogP contribution in [0.1, 0.15) is 38.3 Å². The molecule has 1 unspecified atom stereocenters. The smallest absolute Gasteiger partial charge is 0.273 e. The standard InChI is InChI=1S/C31H35Cl3N4O7S/c1-6-26(31(40)35-16-19(2)3)36(17-21-8-9-22(32)13-25(21)34)30(39)18-37(28-14-23(33)10-12-29(28)45-5)46(43,44)24-11-7-20(4)27(15-24)38(41)42/h7-15,19,26H,6,16-18H2,1-5H3,(H,35,40). The Balaban J connectivity index is 2.20. The van der Waals surface area contributed by atoms with Gasteiger partial charge in [-0.25, -0.2) is 8.42 Å². The average molecular weight is 714 g/mol. The topological polar surface area (TPSA) is 139 Å². The largest absolute Gasteiger partial charge is 0.495 e. The van der Waals surface area contributed by atoms with Gasteiger partial charge in [-0.15, -0.1) is 0 Å². The van der Waals surface area contributed by atoms with E-state index < -0.39 is 49.9 Å². The Morgan fingerprint density at radius 3 is 2.26 bits per heavy atom. The third kappa shape index (κ3) is 8.81. The minimum absolute atomic E-state index is 0.0661. The molecular weight excluding hydrogens is 679 g/mol. The Labute approximate surface area is 283 Å². The third-order valence-electron chi connectivity index (χ3n) is 7.08. The Bertz CT molecular complexity index is 1720. The van der Waals surface area contributed by atoms with Crippen LogP contribution in [0.3, 0.4) is 0 Å². The first-order chi connectivity index (χ1) is 21.6. The predicted molar refractivity (Wildman–Crippen MR) is 179 cm³/mol. The highest BCUT2D eigenvalue weighted by molar-refractivity contribution is 7.92. The van der Waals surface area contributed by atoms with Crippen molar-refractivity contribution in [3.63, 3.8) is 0 Å². The number of sulfonamides is 1. The van der Waals surface area contributed by atoms with Gasteiger partial charge in [-0.05, 0) is 61.2 Å². The Morgan fingerprint density at radius 2 is 1.67 bits per heavy atom. The van der Waals surface area contributed by atoms with Crippen LogP contribution < -0.4 is 14.4 Å². The molecule has 0 saturated heterocycles. The van der Waals surface area contributed by atoms with Crippen molar-refractivity contribution in [3.05, 3.63) is 90.9 Å². The van der Waals surface area contributed by atoms with Gasteiger partial charge in [0.15, 0.2) is 0 Å². The van der Waals surface area contributed by atoms with Gasteiger partial charge in [-0.2, -0.15) is 0 Å². The summed E-state index contributed by atoms with van der Waals surface area (Å²) in [4.78, 5) is 39.6. The summed E-state index contributed by atoms with van der Waals surface area (Å²) in [5, 5.41) is 15.3. The van der Waals surface area contributed by atoms with Gasteiger partial charge in [-0.1, -0.05) is 67.7 Å². The second-order valence-corrected chi connectivity index (χ2v) is 14.0. The lowest BCUT2D eigenvalue weighted by atomic mass is 10.1. The van der Waals surface area contributed by atoms with Crippen molar-refractivity contribution in [3.8, 4) is 5.75 Å². The minimum atomic E-state index is -4.67. The van der Waals surface area contributed by atoms with Gasteiger partial charge in [0.25, 0.3) is 15.7 Å². The van der Waals surface area contributed by atoms with E-state index in [4.69, 9.17) is 39.5 Å². The van der Waals surface area contributed by atoms with E-state index in [-0.39, 0.29) is 45.9 Å².